The summed E-state index contributed by atoms with van der Waals surface area (Å²) in [6.45, 7) is 3.89. The molecule has 0 radical (unpaired) electrons. The first-order valence-corrected chi connectivity index (χ1v) is 10.8. The van der Waals surface area contributed by atoms with Gasteiger partial charge in [-0.3, -0.25) is 9.59 Å². The topological polar surface area (TPSA) is 62.0 Å². The van der Waals surface area contributed by atoms with Crippen molar-refractivity contribution in [1.29, 1.82) is 0 Å². The zero-order chi connectivity index (χ0) is 22.0. The average Bonchev–Trinajstić information content (AvgIpc) is 2.77. The Balaban J connectivity index is 1.83. The number of rotatable bonds is 4. The molecule has 2 N–H and O–H groups in total. The van der Waals surface area contributed by atoms with Crippen molar-refractivity contribution in [3.05, 3.63) is 87.1 Å². The van der Waals surface area contributed by atoms with E-state index in [0.717, 1.165) is 43.2 Å². The number of aromatic amines is 1. The van der Waals surface area contributed by atoms with Gasteiger partial charge in [-0.05, 0) is 44.4 Å². The molecule has 0 unspecified atom stereocenters. The minimum atomic E-state index is -0.616. The molecule has 1 aliphatic rings. The van der Waals surface area contributed by atoms with Gasteiger partial charge >= 0.3 is 0 Å². The second-order valence-electron chi connectivity index (χ2n) is 8.45. The van der Waals surface area contributed by atoms with Crippen molar-refractivity contribution < 1.29 is 9.18 Å². The molecule has 0 spiro atoms. The number of aromatic nitrogens is 1. The van der Waals surface area contributed by atoms with Crippen molar-refractivity contribution >= 4 is 11.6 Å². The summed E-state index contributed by atoms with van der Waals surface area (Å²) in [5.41, 5.74) is 2.82. The minimum Gasteiger partial charge on any atom is -0.322 e. The molecule has 160 valence electrons. The quantitative estimate of drug-likeness (QED) is 0.538. The van der Waals surface area contributed by atoms with Crippen LogP contribution in [0.25, 0.3) is 11.1 Å². The third-order valence-electron chi connectivity index (χ3n) is 6.07. The number of carbonyl (C=O) groups is 1. The van der Waals surface area contributed by atoms with Crippen LogP contribution >= 0.6 is 0 Å². The monoisotopic (exact) mass is 418 g/mol. The first kappa shape index (κ1) is 21.0. The van der Waals surface area contributed by atoms with Crippen LogP contribution in [0.15, 0.2) is 53.3 Å². The first-order valence-electron chi connectivity index (χ1n) is 10.8. The number of benzene rings is 2. The predicted octanol–water partition coefficient (Wildman–Crippen LogP) is 6.10. The van der Waals surface area contributed by atoms with Crippen LogP contribution in [0, 0.1) is 19.7 Å². The maximum Gasteiger partial charge on any atom is 0.262 e. The molecule has 3 aromatic rings. The summed E-state index contributed by atoms with van der Waals surface area (Å²) in [4.78, 5) is 28.9. The fourth-order valence-corrected chi connectivity index (χ4v) is 4.31. The highest BCUT2D eigenvalue weighted by molar-refractivity contribution is 6.08. The van der Waals surface area contributed by atoms with Crippen LogP contribution in [-0.2, 0) is 0 Å². The van der Waals surface area contributed by atoms with Crippen LogP contribution in [0.5, 0.6) is 0 Å². The number of carbonyl (C=O) groups excluding carboxylic acids is 1. The van der Waals surface area contributed by atoms with E-state index < -0.39 is 17.3 Å². The Morgan fingerprint density at radius 1 is 0.935 bits per heavy atom. The molecule has 4 nitrogen and oxygen atoms in total. The van der Waals surface area contributed by atoms with Crippen molar-refractivity contribution in [3.63, 3.8) is 0 Å². The smallest absolute Gasteiger partial charge is 0.262 e. The third-order valence-corrected chi connectivity index (χ3v) is 6.07. The molecule has 1 aromatic heterocycles. The first-order chi connectivity index (χ1) is 14.9. The highest BCUT2D eigenvalue weighted by Crippen LogP contribution is 2.36. The number of hydrogen-bond acceptors (Lipinski definition) is 2. The molecule has 4 rings (SSSR count). The number of anilines is 1. The van der Waals surface area contributed by atoms with Crippen LogP contribution in [0.4, 0.5) is 10.1 Å². The zero-order valence-corrected chi connectivity index (χ0v) is 17.9. The normalized spacial score (nSPS) is 14.4. The summed E-state index contributed by atoms with van der Waals surface area (Å²) in [6, 6.07) is 14.5. The number of nitrogens with one attached hydrogen (secondary N) is 2. The Kier molecular flexibility index (Phi) is 6.03. The van der Waals surface area contributed by atoms with Gasteiger partial charge in [0.15, 0.2) is 5.82 Å². The van der Waals surface area contributed by atoms with E-state index in [9.17, 15) is 9.59 Å². The lowest BCUT2D eigenvalue weighted by Gasteiger charge is -2.23. The molecular weight excluding hydrogens is 391 g/mol. The summed E-state index contributed by atoms with van der Waals surface area (Å²) in [5, 5.41) is 2.75. The Morgan fingerprint density at radius 2 is 1.52 bits per heavy atom. The van der Waals surface area contributed by atoms with E-state index in [1.165, 1.54) is 0 Å². The Labute approximate surface area is 181 Å². The molecule has 2 aromatic carbocycles. The second-order valence-corrected chi connectivity index (χ2v) is 8.45. The third kappa shape index (κ3) is 4.46. The number of H-pyrrole nitrogens is 1. The van der Waals surface area contributed by atoms with Gasteiger partial charge < -0.3 is 10.3 Å². The van der Waals surface area contributed by atoms with Crippen LogP contribution in [0.1, 0.15) is 65.2 Å². The van der Waals surface area contributed by atoms with Gasteiger partial charge in [-0.25, -0.2) is 4.39 Å². The fraction of sp³-hybridized carbons (Fsp3) is 0.308. The number of pyridine rings is 1. The van der Waals surface area contributed by atoms with Crippen molar-refractivity contribution in [1.82, 2.24) is 4.98 Å². The van der Waals surface area contributed by atoms with Gasteiger partial charge in [0.25, 0.3) is 11.5 Å². The minimum absolute atomic E-state index is 0.0279. The van der Waals surface area contributed by atoms with E-state index in [1.807, 2.05) is 38.1 Å². The maximum atomic E-state index is 15.9. The molecule has 0 bridgehead atoms. The number of amides is 1. The largest absolute Gasteiger partial charge is 0.322 e. The zero-order valence-electron chi connectivity index (χ0n) is 17.9. The van der Waals surface area contributed by atoms with E-state index in [2.05, 4.69) is 10.3 Å². The molecule has 1 amide bonds. The predicted molar refractivity (Wildman–Crippen MR) is 122 cm³/mol. The maximum absolute atomic E-state index is 15.9. The van der Waals surface area contributed by atoms with Crippen LogP contribution in [-0.4, -0.2) is 10.9 Å². The van der Waals surface area contributed by atoms with Gasteiger partial charge in [0.2, 0.25) is 0 Å². The second kappa shape index (κ2) is 8.88. The van der Waals surface area contributed by atoms with E-state index in [1.54, 1.807) is 24.3 Å². The standard InChI is InChI=1S/C26H27FN2O2/c1-16-8-12-18(13-9-16)21-22(25(30)28-20-14-10-17(2)11-15-20)26(31)29-24(23(21)27)19-6-4-3-5-7-19/h8-15,19H,3-7H2,1-2H3,(H,28,30)(H,29,31). The van der Waals surface area contributed by atoms with E-state index >= 15 is 4.39 Å². The highest BCUT2D eigenvalue weighted by Gasteiger charge is 2.28. The lowest BCUT2D eigenvalue weighted by molar-refractivity contribution is 0.102. The Morgan fingerprint density at radius 3 is 2.13 bits per heavy atom. The molecular formula is C26H27FN2O2. The number of hydrogen-bond donors (Lipinski definition) is 2. The Bertz CT molecular complexity index is 1140. The molecule has 0 atom stereocenters. The van der Waals surface area contributed by atoms with E-state index in [0.29, 0.717) is 16.9 Å². The summed E-state index contributed by atoms with van der Waals surface area (Å²) in [7, 11) is 0. The van der Waals surface area contributed by atoms with Gasteiger partial charge in [-0.15, -0.1) is 0 Å². The van der Waals surface area contributed by atoms with Crippen LogP contribution in [0.3, 0.4) is 0 Å². The SMILES string of the molecule is Cc1ccc(NC(=O)c2c(-c3ccc(C)cc3)c(F)c(C3CCCCC3)[nH]c2=O)cc1. The van der Waals surface area contributed by atoms with Crippen molar-refractivity contribution in [2.24, 2.45) is 0 Å². The van der Waals surface area contributed by atoms with Crippen molar-refractivity contribution in [2.75, 3.05) is 5.32 Å². The van der Waals surface area contributed by atoms with Crippen molar-refractivity contribution in [2.45, 2.75) is 51.9 Å². The van der Waals surface area contributed by atoms with Gasteiger partial charge in [0.05, 0.1) is 5.69 Å². The van der Waals surface area contributed by atoms with Crippen molar-refractivity contribution in [3.8, 4) is 11.1 Å². The molecule has 1 saturated carbocycles. The van der Waals surface area contributed by atoms with Gasteiger partial charge in [-0.1, -0.05) is 66.8 Å². The summed E-state index contributed by atoms with van der Waals surface area (Å²) in [6.07, 6.45) is 4.84. The molecule has 31 heavy (non-hydrogen) atoms. The summed E-state index contributed by atoms with van der Waals surface area (Å²) in [5.74, 6) is -1.14. The highest BCUT2D eigenvalue weighted by atomic mass is 19.1. The van der Waals surface area contributed by atoms with Gasteiger partial charge in [0.1, 0.15) is 5.56 Å². The van der Waals surface area contributed by atoms with E-state index in [4.69, 9.17) is 0 Å². The molecule has 1 aliphatic carbocycles. The summed E-state index contributed by atoms with van der Waals surface area (Å²) >= 11 is 0. The Hall–Kier alpha value is -3.21. The average molecular weight is 419 g/mol. The molecule has 5 heteroatoms. The fourth-order valence-electron chi connectivity index (χ4n) is 4.31. The van der Waals surface area contributed by atoms with Gasteiger partial charge in [0, 0.05) is 17.2 Å². The molecule has 1 heterocycles. The summed E-state index contributed by atoms with van der Waals surface area (Å²) < 4.78 is 15.9. The van der Waals surface area contributed by atoms with Crippen LogP contribution < -0.4 is 10.9 Å². The molecule has 0 aliphatic heterocycles. The molecule has 0 saturated heterocycles. The number of aryl methyl sites for hydroxylation is 2. The number of halogens is 1. The van der Waals surface area contributed by atoms with E-state index in [-0.39, 0.29) is 17.0 Å². The lowest BCUT2D eigenvalue weighted by atomic mass is 9.85. The van der Waals surface area contributed by atoms with Gasteiger partial charge in [-0.2, -0.15) is 0 Å². The van der Waals surface area contributed by atoms with Crippen LogP contribution in [0.2, 0.25) is 0 Å². The lowest BCUT2D eigenvalue weighted by Crippen LogP contribution is -2.28. The molecule has 1 fully saturated rings.